The quantitative estimate of drug-likeness (QED) is 0.518. The zero-order valence-corrected chi connectivity index (χ0v) is 10.1. The molecule has 0 aliphatic heterocycles. The first-order chi connectivity index (χ1) is 8.91. The second-order valence-electron chi connectivity index (χ2n) is 3.74. The number of hydrogen-bond donors (Lipinski definition) is 1. The number of rotatable bonds is 2. The van der Waals surface area contributed by atoms with Gasteiger partial charge in [0.2, 0.25) is 0 Å². The second-order valence-corrected chi connectivity index (χ2v) is 4.15. The lowest BCUT2D eigenvalue weighted by Crippen LogP contribution is -1.98. The van der Waals surface area contributed by atoms with Crippen LogP contribution in [-0.2, 0) is 0 Å². The number of anilines is 1. The van der Waals surface area contributed by atoms with Crippen LogP contribution >= 0.6 is 11.6 Å². The van der Waals surface area contributed by atoms with Crippen molar-refractivity contribution in [2.24, 2.45) is 0 Å². The molecule has 0 radical (unpaired) electrons. The van der Waals surface area contributed by atoms with Crippen LogP contribution in [0.3, 0.4) is 0 Å². The van der Waals surface area contributed by atoms with Crippen molar-refractivity contribution in [1.29, 1.82) is 0 Å². The van der Waals surface area contributed by atoms with Crippen LogP contribution in [-0.4, -0.2) is 4.92 Å². The Kier molecular flexibility index (Phi) is 3.35. The molecule has 0 fully saturated rings. The van der Waals surface area contributed by atoms with Crippen LogP contribution in [0.25, 0.3) is 11.1 Å². The molecule has 0 heterocycles. The Balaban J connectivity index is 2.74. The molecule has 0 amide bonds. The third-order valence-corrected chi connectivity index (χ3v) is 2.87. The summed E-state index contributed by atoms with van der Waals surface area (Å²) >= 11 is 5.74. The average Bonchev–Trinajstić information content (AvgIpc) is 2.32. The molecular weight excluding hydrogens is 278 g/mol. The lowest BCUT2D eigenvalue weighted by Gasteiger charge is -2.07. The van der Waals surface area contributed by atoms with E-state index in [2.05, 4.69) is 0 Å². The number of nitrogens with zero attached hydrogens (tertiary/aromatic N) is 1. The summed E-state index contributed by atoms with van der Waals surface area (Å²) in [5.74, 6) is -1.68. The maximum Gasteiger partial charge on any atom is 0.294 e. The van der Waals surface area contributed by atoms with Crippen molar-refractivity contribution in [3.8, 4) is 11.1 Å². The number of nitro benzene ring substituents is 1. The summed E-state index contributed by atoms with van der Waals surface area (Å²) in [6.07, 6.45) is 0. The zero-order valence-electron chi connectivity index (χ0n) is 9.36. The molecular formula is C12H7ClF2N2O2. The van der Waals surface area contributed by atoms with Crippen LogP contribution < -0.4 is 5.73 Å². The van der Waals surface area contributed by atoms with Gasteiger partial charge in [-0.05, 0) is 23.8 Å². The maximum atomic E-state index is 13.6. The van der Waals surface area contributed by atoms with Gasteiger partial charge in [0, 0.05) is 6.07 Å². The van der Waals surface area contributed by atoms with E-state index in [9.17, 15) is 18.9 Å². The number of benzene rings is 2. The largest absolute Gasteiger partial charge is 0.392 e. The Morgan fingerprint density at radius 1 is 1.21 bits per heavy atom. The molecule has 0 bridgehead atoms. The highest BCUT2D eigenvalue weighted by molar-refractivity contribution is 6.34. The van der Waals surface area contributed by atoms with E-state index in [-0.39, 0.29) is 21.8 Å². The molecule has 2 N–H and O–H groups in total. The summed E-state index contributed by atoms with van der Waals surface area (Å²) in [5.41, 5.74) is 4.28. The Morgan fingerprint density at radius 3 is 2.32 bits per heavy atom. The van der Waals surface area contributed by atoms with E-state index < -0.39 is 22.2 Å². The van der Waals surface area contributed by atoms with E-state index in [4.69, 9.17) is 17.3 Å². The summed E-state index contributed by atoms with van der Waals surface area (Å²) < 4.78 is 27.2. The van der Waals surface area contributed by atoms with Crippen molar-refractivity contribution < 1.29 is 13.7 Å². The van der Waals surface area contributed by atoms with E-state index in [1.807, 2.05) is 0 Å². The van der Waals surface area contributed by atoms with Crippen LogP contribution in [0.15, 0.2) is 30.3 Å². The highest BCUT2D eigenvalue weighted by atomic mass is 35.5. The van der Waals surface area contributed by atoms with Gasteiger partial charge in [0.1, 0.15) is 17.3 Å². The molecule has 0 saturated carbocycles. The van der Waals surface area contributed by atoms with E-state index in [0.717, 1.165) is 18.2 Å². The summed E-state index contributed by atoms with van der Waals surface area (Å²) in [7, 11) is 0. The molecule has 0 aromatic heterocycles. The lowest BCUT2D eigenvalue weighted by molar-refractivity contribution is -0.383. The standard InChI is InChI=1S/C12H7ClF2N2O2/c13-7-4-6(5-10(12(7)16)17(18)19)11-8(14)2-1-3-9(11)15/h1-5H,16H2. The molecule has 0 aliphatic rings. The first-order valence-corrected chi connectivity index (χ1v) is 5.47. The summed E-state index contributed by atoms with van der Waals surface area (Å²) in [6.45, 7) is 0. The number of nitro groups is 1. The van der Waals surface area contributed by atoms with Gasteiger partial charge in [-0.2, -0.15) is 0 Å². The maximum absolute atomic E-state index is 13.6. The Labute approximate surface area is 111 Å². The Hall–Kier alpha value is -2.21. The van der Waals surface area contributed by atoms with E-state index in [1.165, 1.54) is 12.1 Å². The summed E-state index contributed by atoms with van der Waals surface area (Å²) in [5, 5.41) is 10.7. The fourth-order valence-corrected chi connectivity index (χ4v) is 1.89. The first-order valence-electron chi connectivity index (χ1n) is 5.09. The van der Waals surface area contributed by atoms with Gasteiger partial charge in [-0.3, -0.25) is 10.1 Å². The van der Waals surface area contributed by atoms with Gasteiger partial charge >= 0.3 is 0 Å². The number of nitrogen functional groups attached to an aromatic ring is 1. The number of nitrogens with two attached hydrogens (primary N) is 1. The highest BCUT2D eigenvalue weighted by Gasteiger charge is 2.20. The van der Waals surface area contributed by atoms with Crippen molar-refractivity contribution in [2.45, 2.75) is 0 Å². The molecule has 98 valence electrons. The van der Waals surface area contributed by atoms with E-state index in [0.29, 0.717) is 0 Å². The molecule has 0 spiro atoms. The van der Waals surface area contributed by atoms with Crippen LogP contribution in [0.5, 0.6) is 0 Å². The van der Waals surface area contributed by atoms with Gasteiger partial charge in [0.15, 0.2) is 0 Å². The van der Waals surface area contributed by atoms with Crippen LogP contribution in [0.2, 0.25) is 5.02 Å². The first kappa shape index (κ1) is 13.2. The highest BCUT2D eigenvalue weighted by Crippen LogP contribution is 2.36. The molecule has 0 saturated heterocycles. The van der Waals surface area contributed by atoms with Crippen LogP contribution in [0.4, 0.5) is 20.2 Å². The van der Waals surface area contributed by atoms with Crippen LogP contribution in [0.1, 0.15) is 0 Å². The second kappa shape index (κ2) is 4.81. The fraction of sp³-hybridized carbons (Fsp3) is 0. The van der Waals surface area contributed by atoms with Gasteiger partial charge in [-0.25, -0.2) is 8.78 Å². The van der Waals surface area contributed by atoms with E-state index in [1.54, 1.807) is 0 Å². The minimum absolute atomic E-state index is 0.0403. The number of halogens is 3. The molecule has 2 rings (SSSR count). The lowest BCUT2D eigenvalue weighted by atomic mass is 10.0. The predicted octanol–water partition coefficient (Wildman–Crippen LogP) is 3.78. The molecule has 0 unspecified atom stereocenters. The van der Waals surface area contributed by atoms with Crippen molar-refractivity contribution in [2.75, 3.05) is 5.73 Å². The molecule has 0 aliphatic carbocycles. The van der Waals surface area contributed by atoms with Crippen molar-refractivity contribution in [3.63, 3.8) is 0 Å². The molecule has 2 aromatic carbocycles. The van der Waals surface area contributed by atoms with Gasteiger partial charge in [-0.15, -0.1) is 0 Å². The average molecular weight is 285 g/mol. The minimum Gasteiger partial charge on any atom is -0.392 e. The molecule has 4 nitrogen and oxygen atoms in total. The van der Waals surface area contributed by atoms with Gasteiger partial charge < -0.3 is 5.73 Å². The Morgan fingerprint density at radius 2 is 1.79 bits per heavy atom. The van der Waals surface area contributed by atoms with Gasteiger partial charge in [-0.1, -0.05) is 17.7 Å². The summed E-state index contributed by atoms with van der Waals surface area (Å²) in [6, 6.07) is 5.47. The fourth-order valence-electron chi connectivity index (χ4n) is 1.67. The molecule has 0 atom stereocenters. The third kappa shape index (κ3) is 2.34. The SMILES string of the molecule is Nc1c(Cl)cc(-c2c(F)cccc2F)cc1[N+](=O)[O-]. The van der Waals surface area contributed by atoms with Crippen molar-refractivity contribution in [1.82, 2.24) is 0 Å². The van der Waals surface area contributed by atoms with Crippen molar-refractivity contribution >= 4 is 23.0 Å². The van der Waals surface area contributed by atoms with Crippen molar-refractivity contribution in [3.05, 3.63) is 57.1 Å². The van der Waals surface area contributed by atoms with E-state index >= 15 is 0 Å². The normalized spacial score (nSPS) is 10.5. The molecule has 19 heavy (non-hydrogen) atoms. The third-order valence-electron chi connectivity index (χ3n) is 2.56. The molecule has 2 aromatic rings. The molecule has 7 heteroatoms. The smallest absolute Gasteiger partial charge is 0.294 e. The van der Waals surface area contributed by atoms with Crippen LogP contribution in [0, 0.1) is 21.7 Å². The summed E-state index contributed by atoms with van der Waals surface area (Å²) in [4.78, 5) is 10.0. The zero-order chi connectivity index (χ0) is 14.2. The van der Waals surface area contributed by atoms with Gasteiger partial charge in [0.25, 0.3) is 5.69 Å². The monoisotopic (exact) mass is 284 g/mol. The van der Waals surface area contributed by atoms with Gasteiger partial charge in [0.05, 0.1) is 15.5 Å². The topological polar surface area (TPSA) is 69.2 Å². The number of hydrogen-bond acceptors (Lipinski definition) is 3. The predicted molar refractivity (Wildman–Crippen MR) is 67.9 cm³/mol. The minimum atomic E-state index is -0.838. The Bertz CT molecular complexity index is 657.